The molecule has 1 unspecified atom stereocenters. The number of aryl methyl sites for hydroxylation is 3. The zero-order chi connectivity index (χ0) is 30.7. The van der Waals surface area contributed by atoms with Gasteiger partial charge < -0.3 is 19.3 Å². The summed E-state index contributed by atoms with van der Waals surface area (Å²) in [6, 6.07) is 25.2. The second kappa shape index (κ2) is 12.4. The van der Waals surface area contributed by atoms with E-state index in [1.54, 1.807) is 43.5 Å². The zero-order valence-electron chi connectivity index (χ0n) is 25.0. The Morgan fingerprint density at radius 1 is 0.814 bits per heavy atom. The molecule has 0 radical (unpaired) electrons. The molecule has 0 spiro atoms. The van der Waals surface area contributed by atoms with Crippen LogP contribution in [0.3, 0.4) is 0 Å². The summed E-state index contributed by atoms with van der Waals surface area (Å²) in [5.41, 5.74) is 5.28. The number of ketones is 1. The first-order chi connectivity index (χ1) is 20.7. The van der Waals surface area contributed by atoms with Crippen molar-refractivity contribution in [3.05, 3.63) is 124 Å². The highest BCUT2D eigenvalue weighted by Crippen LogP contribution is 2.44. The van der Waals surface area contributed by atoms with Gasteiger partial charge in [0.15, 0.2) is 11.5 Å². The minimum atomic E-state index is -0.902. The quantitative estimate of drug-likeness (QED) is 0.128. The minimum Gasteiger partial charge on any atom is -0.507 e. The Bertz CT molecular complexity index is 1690. The number of anilines is 1. The summed E-state index contributed by atoms with van der Waals surface area (Å²) in [6.07, 6.45) is 0. The molecule has 4 aromatic rings. The van der Waals surface area contributed by atoms with Gasteiger partial charge in [0.1, 0.15) is 18.1 Å². The predicted octanol–water partition coefficient (Wildman–Crippen LogP) is 7.22. The van der Waals surface area contributed by atoms with Gasteiger partial charge in [-0.3, -0.25) is 14.5 Å². The van der Waals surface area contributed by atoms with Crippen LogP contribution in [0, 0.1) is 20.8 Å². The molecule has 1 saturated heterocycles. The molecule has 1 aliphatic rings. The Kier molecular flexibility index (Phi) is 8.53. The lowest BCUT2D eigenvalue weighted by atomic mass is 9.94. The Labute approximate surface area is 252 Å². The van der Waals surface area contributed by atoms with Crippen LogP contribution in [0.25, 0.3) is 5.76 Å². The van der Waals surface area contributed by atoms with Crippen LogP contribution in [-0.4, -0.2) is 30.5 Å². The molecule has 1 amide bonds. The third-order valence-corrected chi connectivity index (χ3v) is 7.42. The molecule has 0 bridgehead atoms. The Morgan fingerprint density at radius 2 is 1.51 bits per heavy atom. The molecule has 7 heteroatoms. The highest BCUT2D eigenvalue weighted by molar-refractivity contribution is 6.51. The van der Waals surface area contributed by atoms with Crippen molar-refractivity contribution in [2.75, 3.05) is 18.6 Å². The van der Waals surface area contributed by atoms with E-state index >= 15 is 0 Å². The number of nitrogens with zero attached hydrogens (tertiary/aromatic N) is 1. The molecule has 1 aliphatic heterocycles. The first-order valence-electron chi connectivity index (χ1n) is 14.2. The van der Waals surface area contributed by atoms with Crippen LogP contribution in [0.5, 0.6) is 17.2 Å². The molecule has 1 atom stereocenters. The van der Waals surface area contributed by atoms with Crippen LogP contribution in [0.2, 0.25) is 0 Å². The van der Waals surface area contributed by atoms with E-state index in [1.165, 1.54) is 4.90 Å². The summed E-state index contributed by atoms with van der Waals surface area (Å²) in [5, 5.41) is 11.7. The number of aliphatic hydroxyl groups is 1. The summed E-state index contributed by atoms with van der Waals surface area (Å²) < 4.78 is 17.3. The van der Waals surface area contributed by atoms with E-state index < -0.39 is 17.7 Å². The third kappa shape index (κ3) is 5.97. The van der Waals surface area contributed by atoms with Gasteiger partial charge in [0.25, 0.3) is 11.7 Å². The van der Waals surface area contributed by atoms with Crippen molar-refractivity contribution in [1.29, 1.82) is 0 Å². The van der Waals surface area contributed by atoms with Crippen molar-refractivity contribution in [2.45, 2.75) is 40.3 Å². The van der Waals surface area contributed by atoms with Gasteiger partial charge in [-0.15, -0.1) is 0 Å². The summed E-state index contributed by atoms with van der Waals surface area (Å²) >= 11 is 0. The van der Waals surface area contributed by atoms with E-state index in [0.29, 0.717) is 47.3 Å². The van der Waals surface area contributed by atoms with Crippen molar-refractivity contribution >= 4 is 23.1 Å². The van der Waals surface area contributed by atoms with Gasteiger partial charge in [-0.2, -0.15) is 0 Å². The Hall–Kier alpha value is -5.04. The lowest BCUT2D eigenvalue weighted by Gasteiger charge is -2.27. The molecule has 0 aromatic heterocycles. The molecule has 7 nitrogen and oxygen atoms in total. The number of carbonyl (C=O) groups excluding carboxylic acids is 2. The average molecular weight is 578 g/mol. The number of ether oxygens (including phenoxy) is 3. The topological polar surface area (TPSA) is 85.3 Å². The van der Waals surface area contributed by atoms with Crippen molar-refractivity contribution in [2.24, 2.45) is 0 Å². The summed E-state index contributed by atoms with van der Waals surface area (Å²) in [7, 11) is 1.55. The van der Waals surface area contributed by atoms with Crippen LogP contribution in [0.1, 0.15) is 46.3 Å². The van der Waals surface area contributed by atoms with E-state index in [9.17, 15) is 14.7 Å². The number of hydrogen-bond acceptors (Lipinski definition) is 6. The molecule has 0 saturated carbocycles. The summed E-state index contributed by atoms with van der Waals surface area (Å²) in [4.78, 5) is 28.9. The van der Waals surface area contributed by atoms with Gasteiger partial charge in [0.2, 0.25) is 0 Å². The number of Topliss-reactive ketones (excluding diaryl/α,β-unsaturated/α-hetero) is 1. The van der Waals surface area contributed by atoms with Gasteiger partial charge >= 0.3 is 0 Å². The number of hydrogen-bond donors (Lipinski definition) is 1. The van der Waals surface area contributed by atoms with Crippen LogP contribution in [-0.2, 0) is 16.2 Å². The van der Waals surface area contributed by atoms with E-state index in [1.807, 2.05) is 76.2 Å². The van der Waals surface area contributed by atoms with Gasteiger partial charge in [0.05, 0.1) is 25.3 Å². The minimum absolute atomic E-state index is 0.00544. The highest BCUT2D eigenvalue weighted by Gasteiger charge is 2.47. The van der Waals surface area contributed by atoms with Gasteiger partial charge in [-0.05, 0) is 98.0 Å². The average Bonchev–Trinajstić information content (AvgIpc) is 3.26. The standard InChI is InChI=1S/C36H35NO6/c1-6-42-31-20-26(12-15-30(31)41-5)33-32(35(39)36(40)37(33)28-17-22(2)16-23(3)18-28)34(38)27-13-14-29(24(4)19-27)43-21-25-10-8-7-9-11-25/h7-20,33,38H,6,21H2,1-5H3/b34-32-. The van der Waals surface area contributed by atoms with Crippen molar-refractivity contribution < 1.29 is 28.9 Å². The first kappa shape index (κ1) is 29.5. The molecule has 1 heterocycles. The van der Waals surface area contributed by atoms with Crippen LogP contribution >= 0.6 is 0 Å². The SMILES string of the molecule is CCOc1cc(C2/C(=C(/O)c3ccc(OCc4ccccc4)c(C)c3)C(=O)C(=O)N2c2cc(C)cc(C)c2)ccc1OC. The van der Waals surface area contributed by atoms with E-state index in [2.05, 4.69) is 0 Å². The van der Waals surface area contributed by atoms with Crippen molar-refractivity contribution in [3.63, 3.8) is 0 Å². The fourth-order valence-corrected chi connectivity index (χ4v) is 5.49. The maximum absolute atomic E-state index is 13.7. The van der Waals surface area contributed by atoms with Gasteiger partial charge in [-0.25, -0.2) is 0 Å². The van der Waals surface area contributed by atoms with Crippen molar-refractivity contribution in [3.8, 4) is 17.2 Å². The van der Waals surface area contributed by atoms with E-state index in [-0.39, 0.29) is 11.3 Å². The Balaban J connectivity index is 1.62. The lowest BCUT2D eigenvalue weighted by molar-refractivity contribution is -0.132. The number of methoxy groups -OCH3 is 1. The largest absolute Gasteiger partial charge is 0.507 e. The Morgan fingerprint density at radius 3 is 2.16 bits per heavy atom. The number of aliphatic hydroxyl groups excluding tert-OH is 1. The molecular weight excluding hydrogens is 542 g/mol. The van der Waals surface area contributed by atoms with Crippen LogP contribution in [0.4, 0.5) is 5.69 Å². The van der Waals surface area contributed by atoms with E-state index in [0.717, 1.165) is 22.3 Å². The van der Waals surface area contributed by atoms with Gasteiger partial charge in [-0.1, -0.05) is 42.5 Å². The van der Waals surface area contributed by atoms with Crippen molar-refractivity contribution in [1.82, 2.24) is 0 Å². The maximum atomic E-state index is 13.7. The molecule has 1 N–H and O–H groups in total. The number of amides is 1. The smallest absolute Gasteiger partial charge is 0.300 e. The first-order valence-corrected chi connectivity index (χ1v) is 14.2. The number of rotatable bonds is 9. The predicted molar refractivity (Wildman–Crippen MR) is 167 cm³/mol. The summed E-state index contributed by atoms with van der Waals surface area (Å²) in [5.74, 6) is -0.0897. The molecule has 43 heavy (non-hydrogen) atoms. The number of carbonyl (C=O) groups is 2. The molecule has 4 aromatic carbocycles. The summed E-state index contributed by atoms with van der Waals surface area (Å²) in [6.45, 7) is 8.41. The van der Waals surface area contributed by atoms with Crippen LogP contribution in [0.15, 0.2) is 90.5 Å². The lowest BCUT2D eigenvalue weighted by Crippen LogP contribution is -2.29. The zero-order valence-corrected chi connectivity index (χ0v) is 25.0. The molecule has 1 fully saturated rings. The molecule has 5 rings (SSSR count). The maximum Gasteiger partial charge on any atom is 0.300 e. The fraction of sp³-hybridized carbons (Fsp3) is 0.222. The highest BCUT2D eigenvalue weighted by atomic mass is 16.5. The normalized spacial score (nSPS) is 15.9. The monoisotopic (exact) mass is 577 g/mol. The second-order valence-corrected chi connectivity index (χ2v) is 10.6. The molecule has 0 aliphatic carbocycles. The fourth-order valence-electron chi connectivity index (χ4n) is 5.49. The van der Waals surface area contributed by atoms with E-state index in [4.69, 9.17) is 14.2 Å². The molecule has 220 valence electrons. The molecular formula is C36H35NO6. The third-order valence-electron chi connectivity index (χ3n) is 7.42. The number of benzene rings is 4. The second-order valence-electron chi connectivity index (χ2n) is 10.6. The van der Waals surface area contributed by atoms with Crippen LogP contribution < -0.4 is 19.1 Å². The van der Waals surface area contributed by atoms with Gasteiger partial charge in [0, 0.05) is 11.3 Å².